The van der Waals surface area contributed by atoms with Crippen molar-refractivity contribution in [2.45, 2.75) is 18.9 Å². The highest BCUT2D eigenvalue weighted by atomic mass is 15.4. The second-order valence-corrected chi connectivity index (χ2v) is 3.93. The normalized spacial score (nSPS) is 15.8. The molecule has 1 aliphatic carbocycles. The van der Waals surface area contributed by atoms with Gasteiger partial charge in [-0.25, -0.2) is 0 Å². The summed E-state index contributed by atoms with van der Waals surface area (Å²) < 4.78 is 2.16. The van der Waals surface area contributed by atoms with E-state index in [1.165, 1.54) is 18.8 Å². The number of guanidine groups is 1. The minimum atomic E-state index is 0.782. The summed E-state index contributed by atoms with van der Waals surface area (Å²) >= 11 is 0. The van der Waals surface area contributed by atoms with Crippen LogP contribution in [0.3, 0.4) is 0 Å². The maximum absolute atomic E-state index is 2.36. The monoisotopic (exact) mass is 170 g/mol. The molecule has 1 saturated carbocycles. The van der Waals surface area contributed by atoms with Gasteiger partial charge < -0.3 is 0 Å². The second-order valence-electron chi connectivity index (χ2n) is 3.93. The minimum absolute atomic E-state index is 0.782. The molecule has 3 nitrogen and oxygen atoms in total. The van der Waals surface area contributed by atoms with Gasteiger partial charge in [-0.15, -0.1) is 0 Å². The van der Waals surface area contributed by atoms with Gasteiger partial charge in [0.1, 0.15) is 0 Å². The Kier molecular flexibility index (Phi) is 2.60. The second kappa shape index (κ2) is 3.33. The number of hydrogen-bond acceptors (Lipinski definition) is 0. The van der Waals surface area contributed by atoms with Crippen molar-refractivity contribution in [2.75, 3.05) is 35.2 Å². The highest BCUT2D eigenvalue weighted by Crippen LogP contribution is 2.25. The predicted molar refractivity (Wildman–Crippen MR) is 51.6 cm³/mol. The summed E-state index contributed by atoms with van der Waals surface area (Å²) in [4.78, 5) is 4.53. The van der Waals surface area contributed by atoms with Crippen molar-refractivity contribution < 1.29 is 4.58 Å². The van der Waals surface area contributed by atoms with E-state index in [0.29, 0.717) is 0 Å². The van der Waals surface area contributed by atoms with Crippen molar-refractivity contribution in [1.29, 1.82) is 0 Å². The molecule has 0 aromatic carbocycles. The van der Waals surface area contributed by atoms with E-state index < -0.39 is 0 Å². The van der Waals surface area contributed by atoms with Gasteiger partial charge in [-0.3, -0.25) is 14.4 Å². The zero-order valence-corrected chi connectivity index (χ0v) is 8.83. The van der Waals surface area contributed by atoms with Crippen LogP contribution in [0.25, 0.3) is 0 Å². The molecule has 0 saturated heterocycles. The van der Waals surface area contributed by atoms with E-state index in [-0.39, 0.29) is 0 Å². The van der Waals surface area contributed by atoms with Crippen LogP contribution in [-0.4, -0.2) is 61.6 Å². The first-order valence-electron chi connectivity index (χ1n) is 4.48. The number of nitrogens with zero attached hydrogens (tertiary/aromatic N) is 3. The summed E-state index contributed by atoms with van der Waals surface area (Å²) in [5.41, 5.74) is 0. The van der Waals surface area contributed by atoms with Crippen molar-refractivity contribution in [2.24, 2.45) is 0 Å². The highest BCUT2D eigenvalue weighted by Gasteiger charge is 2.34. The van der Waals surface area contributed by atoms with Gasteiger partial charge in [0.05, 0.1) is 41.3 Å². The zero-order chi connectivity index (χ0) is 9.30. The van der Waals surface area contributed by atoms with E-state index in [1.807, 2.05) is 0 Å². The smallest absolute Gasteiger partial charge is 0.270 e. The third kappa shape index (κ3) is 1.90. The molecule has 0 unspecified atom stereocenters. The lowest BCUT2D eigenvalue weighted by Crippen LogP contribution is -2.44. The average Bonchev–Trinajstić information content (AvgIpc) is 2.64. The van der Waals surface area contributed by atoms with Gasteiger partial charge in [-0.2, -0.15) is 0 Å². The Bertz CT molecular complexity index is 188. The molecule has 12 heavy (non-hydrogen) atoms. The van der Waals surface area contributed by atoms with Crippen LogP contribution in [0, 0.1) is 0 Å². The van der Waals surface area contributed by atoms with Gasteiger partial charge in [-0.05, 0) is 12.8 Å². The highest BCUT2D eigenvalue weighted by molar-refractivity contribution is 5.75. The fourth-order valence-corrected chi connectivity index (χ4v) is 1.66. The Morgan fingerprint density at radius 2 is 1.67 bits per heavy atom. The first-order valence-corrected chi connectivity index (χ1v) is 4.48. The Morgan fingerprint density at radius 1 is 1.17 bits per heavy atom. The molecule has 0 amide bonds. The molecule has 0 heterocycles. The van der Waals surface area contributed by atoms with Crippen LogP contribution in [0.15, 0.2) is 0 Å². The molecular formula is C9H20N3+. The van der Waals surface area contributed by atoms with Crippen molar-refractivity contribution >= 4 is 5.96 Å². The van der Waals surface area contributed by atoms with Crippen molar-refractivity contribution in [3.05, 3.63) is 0 Å². The average molecular weight is 170 g/mol. The summed E-state index contributed by atoms with van der Waals surface area (Å²) in [5.74, 6) is 1.29. The Morgan fingerprint density at radius 3 is 1.92 bits per heavy atom. The van der Waals surface area contributed by atoms with Gasteiger partial charge in [0.15, 0.2) is 0 Å². The van der Waals surface area contributed by atoms with E-state index in [2.05, 4.69) is 49.6 Å². The molecule has 0 atom stereocenters. The minimum Gasteiger partial charge on any atom is -0.270 e. The molecule has 0 spiro atoms. The maximum Gasteiger partial charge on any atom is 0.349 e. The molecule has 0 radical (unpaired) electrons. The fourth-order valence-electron chi connectivity index (χ4n) is 1.66. The number of rotatable bonds is 1. The lowest BCUT2D eigenvalue weighted by atomic mass is 10.5. The molecule has 1 aliphatic rings. The van der Waals surface area contributed by atoms with Crippen molar-refractivity contribution in [1.82, 2.24) is 9.80 Å². The molecule has 0 bridgehead atoms. The molecule has 1 rings (SSSR count). The van der Waals surface area contributed by atoms with E-state index in [9.17, 15) is 0 Å². The van der Waals surface area contributed by atoms with Crippen LogP contribution >= 0.6 is 0 Å². The first kappa shape index (κ1) is 9.36. The molecule has 0 N–H and O–H groups in total. The fraction of sp³-hybridized carbons (Fsp3) is 0.889. The zero-order valence-electron chi connectivity index (χ0n) is 8.83. The Hall–Kier alpha value is -0.730. The largest absolute Gasteiger partial charge is 0.349 e. The van der Waals surface area contributed by atoms with Gasteiger partial charge in [0, 0.05) is 0 Å². The lowest BCUT2D eigenvalue weighted by Gasteiger charge is -2.20. The molecule has 70 valence electrons. The Balaban J connectivity index is 2.71. The van der Waals surface area contributed by atoms with Gasteiger partial charge >= 0.3 is 5.96 Å². The topological polar surface area (TPSA) is 9.49 Å². The van der Waals surface area contributed by atoms with Crippen molar-refractivity contribution in [3.63, 3.8) is 0 Å². The molecule has 0 aliphatic heterocycles. The molecular weight excluding hydrogens is 150 g/mol. The third-order valence-electron chi connectivity index (χ3n) is 2.21. The molecule has 3 heteroatoms. The third-order valence-corrected chi connectivity index (χ3v) is 2.21. The first-order chi connectivity index (χ1) is 5.54. The summed E-state index contributed by atoms with van der Waals surface area (Å²) in [6.45, 7) is 0. The van der Waals surface area contributed by atoms with Gasteiger partial charge in [0.25, 0.3) is 0 Å². The SMILES string of the molecule is CN(C)C(N(C)C1CC1)=[N+](C)C. The van der Waals surface area contributed by atoms with Gasteiger partial charge in [0.2, 0.25) is 0 Å². The van der Waals surface area contributed by atoms with Crippen molar-refractivity contribution in [3.8, 4) is 0 Å². The summed E-state index contributed by atoms with van der Waals surface area (Å²) in [7, 11) is 10.5. The van der Waals surface area contributed by atoms with Gasteiger partial charge in [-0.1, -0.05) is 0 Å². The summed E-state index contributed by atoms with van der Waals surface area (Å²) in [5, 5.41) is 0. The lowest BCUT2D eigenvalue weighted by molar-refractivity contribution is -0.475. The van der Waals surface area contributed by atoms with Crippen LogP contribution < -0.4 is 0 Å². The molecule has 0 aromatic rings. The summed E-state index contributed by atoms with van der Waals surface area (Å²) in [6, 6.07) is 0.782. The van der Waals surface area contributed by atoms with Crippen LogP contribution in [0.5, 0.6) is 0 Å². The van der Waals surface area contributed by atoms with Crippen LogP contribution in [0.4, 0.5) is 0 Å². The predicted octanol–water partition coefficient (Wildman–Crippen LogP) is 0.270. The maximum atomic E-state index is 2.36. The quantitative estimate of drug-likeness (QED) is 0.317. The van der Waals surface area contributed by atoms with E-state index in [4.69, 9.17) is 0 Å². The van der Waals surface area contributed by atoms with Crippen LogP contribution in [0.2, 0.25) is 0 Å². The van der Waals surface area contributed by atoms with Crippen LogP contribution in [-0.2, 0) is 0 Å². The molecule has 1 fully saturated rings. The van der Waals surface area contributed by atoms with Crippen LogP contribution in [0.1, 0.15) is 12.8 Å². The van der Waals surface area contributed by atoms with E-state index >= 15 is 0 Å². The van der Waals surface area contributed by atoms with E-state index in [0.717, 1.165) is 6.04 Å². The molecule has 0 aromatic heterocycles. The Labute approximate surface area is 75.3 Å². The summed E-state index contributed by atoms with van der Waals surface area (Å²) in [6.07, 6.45) is 2.70. The van der Waals surface area contributed by atoms with E-state index in [1.54, 1.807) is 0 Å². The standard InChI is InChI=1S/C9H20N3/c1-10(2)9(11(3)4)12(5)8-6-7-8/h8H,6-7H2,1-5H3/q+1. The number of hydrogen-bond donors (Lipinski definition) is 0.